The average molecular weight is 543 g/mol. The van der Waals surface area contributed by atoms with Crippen molar-refractivity contribution in [3.8, 4) is 0 Å². The number of guanidine groups is 1. The highest BCUT2D eigenvalue weighted by Crippen LogP contribution is 2.24. The number of nitrogens with zero attached hydrogens (tertiary/aromatic N) is 2. The minimum absolute atomic E-state index is 0. The van der Waals surface area contributed by atoms with Crippen LogP contribution in [0.4, 0.5) is 4.39 Å². The second-order valence-corrected chi connectivity index (χ2v) is 7.31. The zero-order valence-corrected chi connectivity index (χ0v) is 20.1. The van der Waals surface area contributed by atoms with Crippen molar-refractivity contribution in [2.75, 3.05) is 39.8 Å². The van der Waals surface area contributed by atoms with Gasteiger partial charge in [-0.1, -0.05) is 12.1 Å². The highest BCUT2D eigenvalue weighted by atomic mass is 127. The molecular weight excluding hydrogens is 512 g/mol. The molecule has 0 spiro atoms. The maximum absolute atomic E-state index is 12.9. The quantitative estimate of drug-likeness (QED) is 0.196. The number of carbonyl (C=O) groups excluding carboxylic acids is 1. The molecule has 1 atom stereocenters. The van der Waals surface area contributed by atoms with Gasteiger partial charge in [0.1, 0.15) is 11.6 Å². The summed E-state index contributed by atoms with van der Waals surface area (Å²) in [4.78, 5) is 18.7. The first-order chi connectivity index (χ1) is 14.7. The Labute approximate surface area is 199 Å². The highest BCUT2D eigenvalue weighted by Gasteiger charge is 2.25. The minimum Gasteiger partial charge on any atom is -0.468 e. The van der Waals surface area contributed by atoms with Crippen molar-refractivity contribution in [1.82, 2.24) is 20.9 Å². The van der Waals surface area contributed by atoms with Crippen molar-refractivity contribution in [3.05, 3.63) is 59.8 Å². The van der Waals surface area contributed by atoms with Gasteiger partial charge in [-0.3, -0.25) is 14.7 Å². The van der Waals surface area contributed by atoms with E-state index in [1.165, 1.54) is 25.0 Å². The molecule has 1 amide bonds. The van der Waals surface area contributed by atoms with Crippen LogP contribution in [-0.2, 0) is 11.2 Å². The molecule has 1 aromatic carbocycles. The number of likely N-dealkylation sites (tertiary alicyclic amines) is 1. The standard InChI is InChI=1S/C22H30FN5O2.HI/c1-24-22(26-11-10-25-21(29)15-17-6-8-18(23)9-7-17)27-16-19(20-5-4-14-30-20)28-12-2-3-13-28;/h4-9,14,19H,2-3,10-13,15-16H2,1H3,(H,25,29)(H2,24,26,27);1H. The van der Waals surface area contributed by atoms with Crippen LogP contribution < -0.4 is 16.0 Å². The summed E-state index contributed by atoms with van der Waals surface area (Å²) < 4.78 is 18.6. The molecule has 1 unspecified atom stereocenters. The van der Waals surface area contributed by atoms with E-state index in [0.29, 0.717) is 25.6 Å². The molecule has 9 heteroatoms. The van der Waals surface area contributed by atoms with Crippen molar-refractivity contribution in [2.24, 2.45) is 4.99 Å². The molecule has 1 fully saturated rings. The van der Waals surface area contributed by atoms with Crippen LogP contribution in [-0.4, -0.2) is 56.5 Å². The first-order valence-electron chi connectivity index (χ1n) is 10.4. The normalized spacial score (nSPS) is 15.2. The predicted octanol–water partition coefficient (Wildman–Crippen LogP) is 2.70. The highest BCUT2D eigenvalue weighted by molar-refractivity contribution is 14.0. The Bertz CT molecular complexity index is 808. The number of nitrogens with one attached hydrogen (secondary N) is 3. The second kappa shape index (κ2) is 13.3. The second-order valence-electron chi connectivity index (χ2n) is 7.31. The lowest BCUT2D eigenvalue weighted by Crippen LogP contribution is -2.44. The van der Waals surface area contributed by atoms with E-state index in [9.17, 15) is 9.18 Å². The smallest absolute Gasteiger partial charge is 0.224 e. The first-order valence-corrected chi connectivity index (χ1v) is 10.4. The van der Waals surface area contributed by atoms with E-state index in [2.05, 4.69) is 25.8 Å². The molecule has 3 N–H and O–H groups in total. The molecule has 1 aromatic heterocycles. The molecule has 0 bridgehead atoms. The van der Waals surface area contributed by atoms with Gasteiger partial charge in [-0.05, 0) is 55.8 Å². The van der Waals surface area contributed by atoms with Crippen LogP contribution in [0.25, 0.3) is 0 Å². The number of carbonyl (C=O) groups is 1. The SMILES string of the molecule is CN=C(NCCNC(=O)Cc1ccc(F)cc1)NCC(c1ccco1)N1CCCC1.I. The Morgan fingerprint density at radius 2 is 1.84 bits per heavy atom. The molecule has 1 aliphatic heterocycles. The van der Waals surface area contributed by atoms with Crippen LogP contribution in [0.1, 0.15) is 30.2 Å². The fourth-order valence-electron chi connectivity index (χ4n) is 3.59. The fraction of sp³-hybridized carbons (Fsp3) is 0.455. The summed E-state index contributed by atoms with van der Waals surface area (Å²) in [6.45, 7) is 3.83. The Balaban J connectivity index is 0.00000341. The number of furan rings is 1. The third-order valence-electron chi connectivity index (χ3n) is 5.16. The fourth-order valence-corrected chi connectivity index (χ4v) is 3.59. The first kappa shape index (κ1) is 25.1. The Kier molecular flexibility index (Phi) is 10.8. The zero-order chi connectivity index (χ0) is 21.2. The Hall–Kier alpha value is -2.14. The molecule has 0 aliphatic carbocycles. The molecule has 1 aliphatic rings. The van der Waals surface area contributed by atoms with Crippen molar-refractivity contribution in [1.29, 1.82) is 0 Å². The topological polar surface area (TPSA) is 81.9 Å². The van der Waals surface area contributed by atoms with Gasteiger partial charge in [0.15, 0.2) is 5.96 Å². The molecule has 3 rings (SSSR count). The van der Waals surface area contributed by atoms with Crippen LogP contribution in [0.2, 0.25) is 0 Å². The summed E-state index contributed by atoms with van der Waals surface area (Å²) >= 11 is 0. The lowest BCUT2D eigenvalue weighted by molar-refractivity contribution is -0.120. The van der Waals surface area contributed by atoms with Crippen LogP contribution in [0.3, 0.4) is 0 Å². The number of benzene rings is 1. The molecule has 170 valence electrons. The summed E-state index contributed by atoms with van der Waals surface area (Å²) in [7, 11) is 1.72. The van der Waals surface area contributed by atoms with Crippen molar-refractivity contribution in [3.63, 3.8) is 0 Å². The molecule has 0 saturated carbocycles. The van der Waals surface area contributed by atoms with Crippen molar-refractivity contribution >= 4 is 35.8 Å². The molecule has 1 saturated heterocycles. The third kappa shape index (κ3) is 8.13. The largest absolute Gasteiger partial charge is 0.468 e. The number of rotatable bonds is 9. The maximum Gasteiger partial charge on any atom is 0.224 e. The summed E-state index contributed by atoms with van der Waals surface area (Å²) in [6.07, 6.45) is 4.36. The Morgan fingerprint density at radius 1 is 1.13 bits per heavy atom. The summed E-state index contributed by atoms with van der Waals surface area (Å²) in [5, 5.41) is 9.43. The van der Waals surface area contributed by atoms with Gasteiger partial charge in [0.25, 0.3) is 0 Å². The van der Waals surface area contributed by atoms with E-state index < -0.39 is 0 Å². The predicted molar refractivity (Wildman–Crippen MR) is 130 cm³/mol. The van der Waals surface area contributed by atoms with E-state index in [1.54, 1.807) is 25.4 Å². The maximum atomic E-state index is 12.9. The van der Waals surface area contributed by atoms with E-state index in [-0.39, 0.29) is 48.2 Å². The summed E-state index contributed by atoms with van der Waals surface area (Å²) in [6, 6.07) is 10.0. The van der Waals surface area contributed by atoms with Gasteiger partial charge in [-0.15, -0.1) is 24.0 Å². The van der Waals surface area contributed by atoms with Gasteiger partial charge >= 0.3 is 0 Å². The van der Waals surface area contributed by atoms with Gasteiger partial charge < -0.3 is 20.4 Å². The van der Waals surface area contributed by atoms with E-state index >= 15 is 0 Å². The van der Waals surface area contributed by atoms with Gasteiger partial charge in [-0.25, -0.2) is 4.39 Å². The number of halogens is 2. The molecule has 2 aromatic rings. The van der Waals surface area contributed by atoms with Gasteiger partial charge in [0.2, 0.25) is 5.91 Å². The monoisotopic (exact) mass is 543 g/mol. The third-order valence-corrected chi connectivity index (χ3v) is 5.16. The van der Waals surface area contributed by atoms with E-state index in [4.69, 9.17) is 4.42 Å². The number of hydrogen-bond donors (Lipinski definition) is 3. The van der Waals surface area contributed by atoms with Gasteiger partial charge in [0, 0.05) is 26.7 Å². The number of amides is 1. The van der Waals surface area contributed by atoms with Crippen LogP contribution in [0, 0.1) is 5.82 Å². The van der Waals surface area contributed by atoms with Crippen molar-refractivity contribution < 1.29 is 13.6 Å². The lowest BCUT2D eigenvalue weighted by Gasteiger charge is -2.26. The van der Waals surface area contributed by atoms with Gasteiger partial charge in [0.05, 0.1) is 18.7 Å². The molecule has 0 radical (unpaired) electrons. The van der Waals surface area contributed by atoms with Crippen LogP contribution >= 0.6 is 24.0 Å². The lowest BCUT2D eigenvalue weighted by atomic mass is 10.1. The summed E-state index contributed by atoms with van der Waals surface area (Å²) in [5.41, 5.74) is 0.783. The van der Waals surface area contributed by atoms with E-state index in [1.807, 2.05) is 12.1 Å². The molecule has 31 heavy (non-hydrogen) atoms. The summed E-state index contributed by atoms with van der Waals surface area (Å²) in [5.74, 6) is 1.23. The number of hydrogen-bond acceptors (Lipinski definition) is 4. The van der Waals surface area contributed by atoms with E-state index in [0.717, 1.165) is 24.4 Å². The minimum atomic E-state index is -0.304. The van der Waals surface area contributed by atoms with Gasteiger partial charge in [-0.2, -0.15) is 0 Å². The van der Waals surface area contributed by atoms with Crippen molar-refractivity contribution in [2.45, 2.75) is 25.3 Å². The number of aliphatic imine (C=N–C) groups is 1. The van der Waals surface area contributed by atoms with Crippen LogP contribution in [0.15, 0.2) is 52.1 Å². The molecule has 2 heterocycles. The molecular formula is C22H31FIN5O2. The zero-order valence-electron chi connectivity index (χ0n) is 17.8. The van der Waals surface area contributed by atoms with Crippen LogP contribution in [0.5, 0.6) is 0 Å². The average Bonchev–Trinajstić information content (AvgIpc) is 3.46. The Morgan fingerprint density at radius 3 is 2.48 bits per heavy atom. The molecule has 7 nitrogen and oxygen atoms in total.